The summed E-state index contributed by atoms with van der Waals surface area (Å²) in [7, 11) is -0.658. The lowest BCUT2D eigenvalue weighted by Crippen LogP contribution is -2.57. The van der Waals surface area contributed by atoms with E-state index in [1.165, 1.54) is 5.56 Å². The summed E-state index contributed by atoms with van der Waals surface area (Å²) in [5.74, 6) is -1.04. The second-order valence-electron chi connectivity index (χ2n) is 12.0. The predicted octanol–water partition coefficient (Wildman–Crippen LogP) is 2.55. The van der Waals surface area contributed by atoms with E-state index >= 15 is 0 Å². The van der Waals surface area contributed by atoms with Crippen molar-refractivity contribution in [1.82, 2.24) is 20.4 Å². The molecule has 2 atom stereocenters. The molecule has 1 aromatic rings. The highest BCUT2D eigenvalue weighted by atomic mass is 16.7. The van der Waals surface area contributed by atoms with Gasteiger partial charge in [0.25, 0.3) is 0 Å². The zero-order valence-corrected chi connectivity index (χ0v) is 24.4. The van der Waals surface area contributed by atoms with E-state index in [-0.39, 0.29) is 18.4 Å². The minimum atomic E-state index is -1.01. The number of morpholine rings is 1. The second kappa shape index (κ2) is 13.4. The topological polar surface area (TPSA) is 109 Å². The molecule has 0 spiro atoms. The fraction of sp³-hybridized carbons (Fsp3) is 0.690. The molecular formula is C29H45BN4O6. The smallest absolute Gasteiger partial charge is 0.402 e. The molecule has 4 amide bonds. The van der Waals surface area contributed by atoms with Crippen molar-refractivity contribution in [3.8, 4) is 0 Å². The van der Waals surface area contributed by atoms with Gasteiger partial charge in [-0.25, -0.2) is 4.79 Å². The lowest BCUT2D eigenvalue weighted by molar-refractivity contribution is -0.138. The van der Waals surface area contributed by atoms with Crippen LogP contribution in [-0.2, 0) is 30.1 Å². The molecule has 10 nitrogen and oxygen atoms in total. The molecular weight excluding hydrogens is 511 g/mol. The Morgan fingerprint density at radius 2 is 1.52 bits per heavy atom. The van der Waals surface area contributed by atoms with Gasteiger partial charge >= 0.3 is 13.1 Å². The highest BCUT2D eigenvalue weighted by molar-refractivity contribution is 6.48. The average molecular weight is 557 g/mol. The number of benzene rings is 1. The first-order chi connectivity index (χ1) is 19.1. The van der Waals surface area contributed by atoms with Crippen molar-refractivity contribution < 1.29 is 28.4 Å². The maximum absolute atomic E-state index is 13.8. The summed E-state index contributed by atoms with van der Waals surface area (Å²) in [5.41, 5.74) is 0.0965. The highest BCUT2D eigenvalue weighted by Gasteiger charge is 2.54. The zero-order valence-electron chi connectivity index (χ0n) is 24.4. The molecule has 3 heterocycles. The van der Waals surface area contributed by atoms with Gasteiger partial charge < -0.3 is 34.5 Å². The molecule has 3 aliphatic rings. The summed E-state index contributed by atoms with van der Waals surface area (Å²) in [6.45, 7) is 11.1. The van der Waals surface area contributed by atoms with Crippen LogP contribution < -0.4 is 10.6 Å². The summed E-state index contributed by atoms with van der Waals surface area (Å²) < 4.78 is 18.0. The van der Waals surface area contributed by atoms with E-state index in [4.69, 9.17) is 14.0 Å². The molecule has 11 heteroatoms. The van der Waals surface area contributed by atoms with Crippen molar-refractivity contribution >= 4 is 25.0 Å². The Bertz CT molecular complexity index is 995. The molecule has 1 aromatic carbocycles. The van der Waals surface area contributed by atoms with Crippen LogP contribution in [0.2, 0.25) is 0 Å². The van der Waals surface area contributed by atoms with Crippen LogP contribution in [0.5, 0.6) is 0 Å². The van der Waals surface area contributed by atoms with Crippen LogP contribution in [0.4, 0.5) is 4.79 Å². The first kappa shape index (κ1) is 30.3. The Balaban J connectivity index is 1.48. The van der Waals surface area contributed by atoms with E-state index in [0.29, 0.717) is 45.8 Å². The molecule has 40 heavy (non-hydrogen) atoms. The number of nitrogens with zero attached hydrogens (tertiary/aromatic N) is 2. The lowest BCUT2D eigenvalue weighted by Gasteiger charge is -2.32. The minimum absolute atomic E-state index is 0.120. The molecule has 0 bridgehead atoms. The van der Waals surface area contributed by atoms with E-state index in [1.807, 2.05) is 45.9 Å². The van der Waals surface area contributed by atoms with Crippen molar-refractivity contribution in [3.63, 3.8) is 0 Å². The van der Waals surface area contributed by atoms with E-state index in [1.54, 1.807) is 9.80 Å². The van der Waals surface area contributed by atoms with Crippen LogP contribution in [0.1, 0.15) is 65.4 Å². The Morgan fingerprint density at radius 3 is 2.15 bits per heavy atom. The summed E-state index contributed by atoms with van der Waals surface area (Å²) in [5, 5.41) is 5.96. The quantitative estimate of drug-likeness (QED) is 0.429. The van der Waals surface area contributed by atoms with Crippen molar-refractivity contribution in [3.05, 3.63) is 35.9 Å². The first-order valence-electron chi connectivity index (χ1n) is 14.7. The maximum Gasteiger partial charge on any atom is 0.481 e. The van der Waals surface area contributed by atoms with Gasteiger partial charge in [-0.15, -0.1) is 0 Å². The first-order valence-corrected chi connectivity index (χ1v) is 14.7. The number of hydrogen-bond donors (Lipinski definition) is 2. The lowest BCUT2D eigenvalue weighted by atomic mass is 9.75. The summed E-state index contributed by atoms with van der Waals surface area (Å²) in [6.07, 6.45) is 4.01. The van der Waals surface area contributed by atoms with Crippen LogP contribution in [0.3, 0.4) is 0 Å². The third kappa shape index (κ3) is 7.76. The number of nitrogens with one attached hydrogen (secondary N) is 2. The molecule has 3 fully saturated rings. The summed E-state index contributed by atoms with van der Waals surface area (Å²) in [6, 6.07) is 8.87. The van der Waals surface area contributed by atoms with E-state index in [2.05, 4.69) is 22.8 Å². The highest BCUT2D eigenvalue weighted by Crippen LogP contribution is 2.38. The van der Waals surface area contributed by atoms with Gasteiger partial charge in [0.05, 0.1) is 36.8 Å². The number of hydrogen-bond acceptors (Lipinski definition) is 6. The van der Waals surface area contributed by atoms with Crippen LogP contribution in [0.15, 0.2) is 30.3 Å². The Hall–Kier alpha value is -2.63. The third-order valence-electron chi connectivity index (χ3n) is 8.50. The van der Waals surface area contributed by atoms with Crippen molar-refractivity contribution in [2.24, 2.45) is 0 Å². The molecule has 0 unspecified atom stereocenters. The molecule has 0 aliphatic carbocycles. The van der Waals surface area contributed by atoms with Gasteiger partial charge in [0.15, 0.2) is 0 Å². The normalized spacial score (nSPS) is 21.6. The molecule has 0 saturated carbocycles. The maximum atomic E-state index is 13.8. The van der Waals surface area contributed by atoms with Gasteiger partial charge in [0.1, 0.15) is 6.04 Å². The van der Waals surface area contributed by atoms with Crippen LogP contribution in [0.25, 0.3) is 0 Å². The Morgan fingerprint density at radius 1 is 0.900 bits per heavy atom. The Labute approximate surface area is 238 Å². The molecule has 3 saturated heterocycles. The van der Waals surface area contributed by atoms with Crippen molar-refractivity contribution in [1.29, 1.82) is 0 Å². The standard InChI is InChI=1S/C29H45BN4O6/c1-28(2)29(3,4)40-30(39-28)24(14-10-13-22-11-6-5-7-12-22)32-26(36)23(31-27(37)34-15-8-9-16-34)21-25(35)33-17-19-38-20-18-33/h5-7,11-12,23-24H,8-10,13-21H2,1-4H3,(H,31,37)(H,32,36)/t23-,24+/m1/s1. The molecule has 0 aromatic heterocycles. The third-order valence-corrected chi connectivity index (χ3v) is 8.50. The van der Waals surface area contributed by atoms with E-state index < -0.39 is 36.2 Å². The number of amides is 4. The van der Waals surface area contributed by atoms with Gasteiger partial charge in [0.2, 0.25) is 11.8 Å². The molecule has 3 aliphatic heterocycles. The summed E-state index contributed by atoms with van der Waals surface area (Å²) >= 11 is 0. The second-order valence-corrected chi connectivity index (χ2v) is 12.0. The van der Waals surface area contributed by atoms with Crippen LogP contribution in [0, 0.1) is 0 Å². The number of carbonyl (C=O) groups excluding carboxylic acids is 3. The minimum Gasteiger partial charge on any atom is -0.402 e. The van der Waals surface area contributed by atoms with Crippen molar-refractivity contribution in [2.75, 3.05) is 39.4 Å². The van der Waals surface area contributed by atoms with Crippen LogP contribution in [-0.4, -0.2) is 97.3 Å². The predicted molar refractivity (Wildman–Crippen MR) is 153 cm³/mol. The van der Waals surface area contributed by atoms with E-state index in [9.17, 15) is 14.4 Å². The molecule has 2 N–H and O–H groups in total. The molecule has 0 radical (unpaired) electrons. The zero-order chi connectivity index (χ0) is 28.8. The average Bonchev–Trinajstić information content (AvgIpc) is 3.54. The van der Waals surface area contributed by atoms with Gasteiger partial charge in [-0.3, -0.25) is 9.59 Å². The number of likely N-dealkylation sites (tertiary alicyclic amines) is 1. The molecule has 4 rings (SSSR count). The Kier molecular flexibility index (Phi) is 10.1. The number of carbonyl (C=O) groups is 3. The number of aryl methyl sites for hydroxylation is 1. The van der Waals surface area contributed by atoms with Gasteiger partial charge in [-0.1, -0.05) is 30.3 Å². The fourth-order valence-electron chi connectivity index (χ4n) is 5.27. The largest absolute Gasteiger partial charge is 0.481 e. The van der Waals surface area contributed by atoms with Gasteiger partial charge in [-0.05, 0) is 65.4 Å². The number of ether oxygens (including phenoxy) is 1. The monoisotopic (exact) mass is 556 g/mol. The number of rotatable bonds is 10. The van der Waals surface area contributed by atoms with Crippen molar-refractivity contribution in [2.45, 2.75) is 89.4 Å². The molecule has 220 valence electrons. The van der Waals surface area contributed by atoms with Gasteiger partial charge in [0, 0.05) is 26.2 Å². The number of urea groups is 1. The fourth-order valence-corrected chi connectivity index (χ4v) is 5.27. The van der Waals surface area contributed by atoms with E-state index in [0.717, 1.165) is 25.7 Å². The summed E-state index contributed by atoms with van der Waals surface area (Å²) in [4.78, 5) is 43.3. The SMILES string of the molecule is CC1(C)OB([C@H](CCCc2ccccc2)NC(=O)[C@@H](CC(=O)N2CCOCC2)NC(=O)N2CCCC2)OC1(C)C. The van der Waals surface area contributed by atoms with Crippen LogP contribution >= 0.6 is 0 Å². The van der Waals surface area contributed by atoms with Gasteiger partial charge in [-0.2, -0.15) is 0 Å².